The number of carbonyl (C=O) groups is 6. The minimum Gasteiger partial charge on any atom is -0.679 e. The standard InChI is InChI=1S/C8H20N2O3Si.C6H16N2Si.6C2H4O2.CH4O.2Gd/c1-11-14(12-2,13-3)8-4-6-10-7-5-9;1-9-6-2-4-8-5-3-7;6*1-2(3)4;1-2;;/h9H,4-8H2,1-3H3;7H,2-6,9H2,1H3;6*1H3,(H,3,4);2H,1H3;;/q2*-2;;;;;;;;2*+2. The van der Waals surface area contributed by atoms with Crippen molar-refractivity contribution in [1.29, 1.82) is 0 Å². The molecule has 0 heterocycles. The van der Waals surface area contributed by atoms with Gasteiger partial charge in [0.2, 0.25) is 0 Å². The van der Waals surface area contributed by atoms with Crippen molar-refractivity contribution in [3.05, 3.63) is 22.1 Å². The summed E-state index contributed by atoms with van der Waals surface area (Å²) in [6, 6.07) is 2.19. The Hall–Kier alpha value is -0.417. The number of aliphatic carboxylic acids is 6. The van der Waals surface area contributed by atoms with Crippen LogP contribution in [-0.2, 0) is 42.0 Å². The third-order valence-corrected chi connectivity index (χ3v) is 7.23. The summed E-state index contributed by atoms with van der Waals surface area (Å²) in [7, 11) is 3.72. The molecule has 20 nitrogen and oxygen atoms in total. The molecule has 0 radical (unpaired) electrons. The SMILES string of the molecule is CC(=O)O.CC(=O)O.CC(=O)O.CC(=O)O.CC(=O)O.CC(=O)O.CO.CO[Si](CCC[N-]CC[NH-])(OC)OC.C[SiH2]CCC[N-]CC[NH-].[Gd+2].[Gd+2]. The number of nitrogens with zero attached hydrogens (tertiary/aromatic N) is 2. The maximum Gasteiger partial charge on any atom is 2.00 e. The molecule has 0 aromatic heterocycles. The van der Waals surface area contributed by atoms with Crippen LogP contribution < -0.4 is 0 Å². The van der Waals surface area contributed by atoms with Crippen LogP contribution in [0.5, 0.6) is 0 Å². The first-order valence-corrected chi connectivity index (χ1v) is 18.7. The number of nitrogens with one attached hydrogen (secondary N) is 2. The van der Waals surface area contributed by atoms with Crippen LogP contribution in [0.3, 0.4) is 0 Å². The zero-order valence-electron chi connectivity index (χ0n) is 31.7. The van der Waals surface area contributed by atoms with E-state index in [0.717, 1.165) is 80.8 Å². The first-order valence-electron chi connectivity index (χ1n) is 14.4. The van der Waals surface area contributed by atoms with Crippen molar-refractivity contribution in [3.63, 3.8) is 0 Å². The fourth-order valence-electron chi connectivity index (χ4n) is 1.82. The van der Waals surface area contributed by atoms with Gasteiger partial charge in [-0.25, -0.2) is 0 Å². The minimum atomic E-state index is -2.38. The summed E-state index contributed by atoms with van der Waals surface area (Å²) in [5.74, 6) is -5.00. The second kappa shape index (κ2) is 74.7. The van der Waals surface area contributed by atoms with Crippen molar-refractivity contribution >= 4 is 54.1 Å². The average Bonchev–Trinajstić information content (AvgIpc) is 2.95. The number of hydrogen-bond acceptors (Lipinski definition) is 10. The van der Waals surface area contributed by atoms with E-state index in [2.05, 4.69) is 17.2 Å². The van der Waals surface area contributed by atoms with Crippen LogP contribution in [0, 0.1) is 79.9 Å². The zero-order chi connectivity index (χ0) is 41.3. The molecule has 0 saturated carbocycles. The molecule has 0 aliphatic heterocycles. The Morgan fingerprint density at radius 3 is 0.941 bits per heavy atom. The molecule has 0 atom stereocenters. The number of carboxylic acids is 6. The number of aliphatic hydroxyl groups excluding tert-OH is 1. The van der Waals surface area contributed by atoms with Gasteiger partial charge in [-0.1, -0.05) is 25.4 Å². The molecular weight excluding hydrogens is 1010 g/mol. The molecule has 0 saturated heterocycles. The van der Waals surface area contributed by atoms with Crippen LogP contribution in [-0.4, -0.2) is 158 Å². The second-order valence-electron chi connectivity index (χ2n) is 8.06. The van der Waals surface area contributed by atoms with E-state index < -0.39 is 44.6 Å². The van der Waals surface area contributed by atoms with Crippen LogP contribution in [0.1, 0.15) is 54.4 Å². The molecule has 0 aliphatic rings. The Labute approximate surface area is 371 Å². The predicted octanol–water partition coefficient (Wildman–Crippen LogP) is 3.27. The average molecular weight is 1070 g/mol. The van der Waals surface area contributed by atoms with Gasteiger partial charge in [0.05, 0.1) is 0 Å². The number of aliphatic hydroxyl groups is 1. The third-order valence-electron chi connectivity index (χ3n) is 3.19. The van der Waals surface area contributed by atoms with E-state index in [1.54, 1.807) is 21.3 Å². The first-order chi connectivity index (χ1) is 22.5. The summed E-state index contributed by atoms with van der Waals surface area (Å²) in [4.78, 5) is 54.0. The van der Waals surface area contributed by atoms with Gasteiger partial charge in [0.25, 0.3) is 35.8 Å². The van der Waals surface area contributed by atoms with Crippen molar-refractivity contribution in [2.45, 2.75) is 73.0 Å². The third kappa shape index (κ3) is 220. The normalized spacial score (nSPS) is 8.35. The van der Waals surface area contributed by atoms with Gasteiger partial charge in [-0.2, -0.15) is 26.2 Å². The Bertz CT molecular complexity index is 603. The molecule has 0 rings (SSSR count). The fraction of sp³-hybridized carbons (Fsp3) is 0.778. The van der Waals surface area contributed by atoms with Crippen molar-refractivity contribution in [3.8, 4) is 0 Å². The largest absolute Gasteiger partial charge is 2.00 e. The molecule has 0 unspecified atom stereocenters. The molecule has 0 aromatic carbocycles. The van der Waals surface area contributed by atoms with Gasteiger partial charge >= 0.3 is 88.7 Å². The van der Waals surface area contributed by atoms with E-state index in [0.29, 0.717) is 19.6 Å². The van der Waals surface area contributed by atoms with Crippen LogP contribution in [0.4, 0.5) is 0 Å². The van der Waals surface area contributed by atoms with E-state index in [4.69, 9.17) is 89.3 Å². The molecule has 0 aliphatic carbocycles. The molecule has 9 N–H and O–H groups in total. The number of rotatable bonds is 15. The van der Waals surface area contributed by atoms with Gasteiger partial charge in [-0.15, -0.1) is 13.1 Å². The van der Waals surface area contributed by atoms with E-state index >= 15 is 0 Å². The molecule has 0 bridgehead atoms. The molecule has 0 aromatic rings. The molecule has 24 heteroatoms. The molecule has 312 valence electrons. The van der Waals surface area contributed by atoms with E-state index in [9.17, 15) is 0 Å². The van der Waals surface area contributed by atoms with Crippen molar-refractivity contribution in [2.75, 3.05) is 67.7 Å². The topological polar surface area (TPSA) is 348 Å². The van der Waals surface area contributed by atoms with Gasteiger partial charge < -0.3 is 71.1 Å². The molecular formula is C27H64Gd2N4O16Si2. The van der Waals surface area contributed by atoms with Crippen molar-refractivity contribution in [2.24, 2.45) is 0 Å². The second-order valence-corrected chi connectivity index (χ2v) is 12.9. The Kier molecular flexibility index (Phi) is 116. The van der Waals surface area contributed by atoms with Crippen LogP contribution in [0.2, 0.25) is 18.6 Å². The Morgan fingerprint density at radius 2 is 0.765 bits per heavy atom. The Balaban J connectivity index is -0.0000000420. The van der Waals surface area contributed by atoms with Crippen molar-refractivity contribution < 1.29 is 158 Å². The van der Waals surface area contributed by atoms with Gasteiger partial charge in [0.1, 0.15) is 0 Å². The first kappa shape index (κ1) is 79.4. The summed E-state index contributed by atoms with van der Waals surface area (Å²) in [5, 5.41) is 59.8. The van der Waals surface area contributed by atoms with E-state index in [1.807, 2.05) is 0 Å². The van der Waals surface area contributed by atoms with Gasteiger partial charge in [-0.3, -0.25) is 28.8 Å². The molecule has 0 fully saturated rings. The van der Waals surface area contributed by atoms with Crippen LogP contribution in [0.15, 0.2) is 0 Å². The molecule has 51 heavy (non-hydrogen) atoms. The summed E-state index contributed by atoms with van der Waals surface area (Å²) in [6.45, 7) is 12.8. The predicted molar refractivity (Wildman–Crippen MR) is 193 cm³/mol. The zero-order valence-corrected chi connectivity index (χ0v) is 38.6. The van der Waals surface area contributed by atoms with Gasteiger partial charge in [0, 0.05) is 85.5 Å². The van der Waals surface area contributed by atoms with E-state index in [-0.39, 0.29) is 89.4 Å². The monoisotopic (exact) mass is 1070 g/mol. The van der Waals surface area contributed by atoms with Gasteiger partial charge in [0.15, 0.2) is 0 Å². The van der Waals surface area contributed by atoms with Gasteiger partial charge in [-0.05, 0) is 0 Å². The molecule has 0 amide bonds. The van der Waals surface area contributed by atoms with Crippen LogP contribution in [0.25, 0.3) is 22.1 Å². The fourth-order valence-corrected chi connectivity index (χ4v) is 4.25. The smallest absolute Gasteiger partial charge is 0.679 e. The minimum absolute atomic E-state index is 0. The van der Waals surface area contributed by atoms with Crippen molar-refractivity contribution in [1.82, 2.24) is 0 Å². The Morgan fingerprint density at radius 1 is 0.549 bits per heavy atom. The maximum absolute atomic E-state index is 9.00. The summed E-state index contributed by atoms with van der Waals surface area (Å²) in [6.07, 6.45) is 2.16. The summed E-state index contributed by atoms with van der Waals surface area (Å²) in [5.41, 5.74) is 13.7. The summed E-state index contributed by atoms with van der Waals surface area (Å²) < 4.78 is 15.8. The number of hydrogen-bond donors (Lipinski definition) is 7. The maximum atomic E-state index is 9.00. The summed E-state index contributed by atoms with van der Waals surface area (Å²) >= 11 is 0. The quantitative estimate of drug-likeness (QED) is 0.0914. The molecule has 0 spiro atoms. The van der Waals surface area contributed by atoms with E-state index in [1.165, 1.54) is 12.5 Å². The number of carboxylic acid groups (broad SMARTS) is 6. The van der Waals surface area contributed by atoms with Crippen LogP contribution >= 0.6 is 0 Å².